The van der Waals surface area contributed by atoms with Gasteiger partial charge in [-0.25, -0.2) is 18.4 Å². The Bertz CT molecular complexity index is 737. The van der Waals surface area contributed by atoms with E-state index in [0.717, 1.165) is 0 Å². The van der Waals surface area contributed by atoms with Crippen LogP contribution >= 0.6 is 27.5 Å². The fourth-order valence-corrected chi connectivity index (χ4v) is 2.84. The molecule has 0 saturated heterocycles. The van der Waals surface area contributed by atoms with E-state index in [0.29, 0.717) is 27.7 Å². The predicted octanol–water partition coefficient (Wildman–Crippen LogP) is 3.13. The minimum Gasteiger partial charge on any atom is -0.355 e. The van der Waals surface area contributed by atoms with Crippen LogP contribution in [0.2, 0.25) is 5.02 Å². The number of nitrogens with one attached hydrogen (secondary N) is 2. The highest BCUT2D eigenvalue weighted by Gasteiger charge is 2.16. The number of benzene rings is 1. The van der Waals surface area contributed by atoms with Crippen molar-refractivity contribution in [3.63, 3.8) is 0 Å². The molecule has 2 aromatic rings. The largest absolute Gasteiger partial charge is 0.355 e. The summed E-state index contributed by atoms with van der Waals surface area (Å²) in [5, 5.41) is 3.30. The standard InChI is InChI=1S/C12H12BrClN4O2S/c1-2-15-12-16-6-9(7-17-12)21(19,20)18-8-3-4-10(13)11(14)5-8/h3-7,18H,2H2,1H3,(H,15,16,17). The van der Waals surface area contributed by atoms with Gasteiger partial charge in [0.25, 0.3) is 10.0 Å². The van der Waals surface area contributed by atoms with Crippen LogP contribution in [0.4, 0.5) is 11.6 Å². The fraction of sp³-hybridized carbons (Fsp3) is 0.167. The van der Waals surface area contributed by atoms with Crippen LogP contribution in [0.1, 0.15) is 6.92 Å². The summed E-state index contributed by atoms with van der Waals surface area (Å²) in [6.45, 7) is 2.55. The number of anilines is 2. The van der Waals surface area contributed by atoms with Gasteiger partial charge >= 0.3 is 0 Å². The van der Waals surface area contributed by atoms with E-state index in [1.54, 1.807) is 12.1 Å². The van der Waals surface area contributed by atoms with Crippen LogP contribution in [0, 0.1) is 0 Å². The third kappa shape index (κ3) is 4.05. The average Bonchev–Trinajstić information content (AvgIpc) is 2.44. The summed E-state index contributed by atoms with van der Waals surface area (Å²) < 4.78 is 27.5. The molecule has 21 heavy (non-hydrogen) atoms. The average molecular weight is 392 g/mol. The second-order valence-electron chi connectivity index (χ2n) is 4.01. The lowest BCUT2D eigenvalue weighted by molar-refractivity contribution is 0.600. The lowest BCUT2D eigenvalue weighted by Crippen LogP contribution is -2.14. The summed E-state index contributed by atoms with van der Waals surface area (Å²) in [4.78, 5) is 7.84. The molecule has 2 rings (SSSR count). The molecule has 0 spiro atoms. The van der Waals surface area contributed by atoms with Gasteiger partial charge in [-0.1, -0.05) is 11.6 Å². The van der Waals surface area contributed by atoms with Crippen LogP contribution in [0.5, 0.6) is 0 Å². The summed E-state index contributed by atoms with van der Waals surface area (Å²) in [5.41, 5.74) is 0.360. The molecule has 1 aromatic carbocycles. The van der Waals surface area contributed by atoms with E-state index in [-0.39, 0.29) is 4.90 Å². The molecule has 0 radical (unpaired) electrons. The van der Waals surface area contributed by atoms with Crippen molar-refractivity contribution in [3.8, 4) is 0 Å². The molecule has 0 bridgehead atoms. The van der Waals surface area contributed by atoms with Crippen molar-refractivity contribution in [2.45, 2.75) is 11.8 Å². The number of hydrogen-bond acceptors (Lipinski definition) is 5. The molecular formula is C12H12BrClN4O2S. The van der Waals surface area contributed by atoms with Crippen LogP contribution in [0.3, 0.4) is 0 Å². The minimum atomic E-state index is -3.75. The lowest BCUT2D eigenvalue weighted by atomic mass is 10.3. The third-order valence-electron chi connectivity index (χ3n) is 2.45. The maximum absolute atomic E-state index is 12.2. The van der Waals surface area contributed by atoms with Crippen LogP contribution in [0.15, 0.2) is 40.0 Å². The first-order valence-corrected chi connectivity index (χ1v) is 8.61. The first-order valence-electron chi connectivity index (χ1n) is 5.96. The number of hydrogen-bond donors (Lipinski definition) is 2. The van der Waals surface area contributed by atoms with Gasteiger partial charge in [0.05, 0.1) is 23.1 Å². The van der Waals surface area contributed by atoms with E-state index >= 15 is 0 Å². The maximum Gasteiger partial charge on any atom is 0.264 e. The highest BCUT2D eigenvalue weighted by Crippen LogP contribution is 2.26. The van der Waals surface area contributed by atoms with Gasteiger partial charge in [-0.2, -0.15) is 0 Å². The molecule has 1 heterocycles. The highest BCUT2D eigenvalue weighted by atomic mass is 79.9. The molecule has 1 aromatic heterocycles. The lowest BCUT2D eigenvalue weighted by Gasteiger charge is -2.09. The Kier molecular flexibility index (Phi) is 5.02. The van der Waals surface area contributed by atoms with Gasteiger partial charge in [0, 0.05) is 11.0 Å². The molecule has 112 valence electrons. The van der Waals surface area contributed by atoms with Crippen LogP contribution < -0.4 is 10.0 Å². The Labute approximate surface area is 136 Å². The van der Waals surface area contributed by atoms with Crippen molar-refractivity contribution in [1.29, 1.82) is 0 Å². The van der Waals surface area contributed by atoms with E-state index in [1.165, 1.54) is 18.5 Å². The maximum atomic E-state index is 12.2. The van der Waals surface area contributed by atoms with Crippen LogP contribution in [-0.4, -0.2) is 24.9 Å². The molecule has 0 aliphatic rings. The van der Waals surface area contributed by atoms with Crippen molar-refractivity contribution in [3.05, 3.63) is 40.1 Å². The smallest absolute Gasteiger partial charge is 0.264 e. The number of aromatic nitrogens is 2. The summed E-state index contributed by atoms with van der Waals surface area (Å²) in [7, 11) is -3.75. The monoisotopic (exact) mass is 390 g/mol. The predicted molar refractivity (Wildman–Crippen MR) is 86.2 cm³/mol. The summed E-state index contributed by atoms with van der Waals surface area (Å²) in [6, 6.07) is 4.77. The van der Waals surface area contributed by atoms with E-state index < -0.39 is 10.0 Å². The van der Waals surface area contributed by atoms with Gasteiger partial charge < -0.3 is 5.32 Å². The minimum absolute atomic E-state index is 0.0248. The molecule has 0 saturated carbocycles. The molecule has 2 N–H and O–H groups in total. The number of rotatable bonds is 5. The van der Waals surface area contributed by atoms with Gasteiger partial charge in [0.15, 0.2) is 0 Å². The van der Waals surface area contributed by atoms with Gasteiger partial charge in [0.1, 0.15) is 4.90 Å². The number of halogens is 2. The van der Waals surface area contributed by atoms with Crippen molar-refractivity contribution < 1.29 is 8.42 Å². The molecule has 0 aliphatic carbocycles. The van der Waals surface area contributed by atoms with Gasteiger partial charge in [-0.05, 0) is 41.1 Å². The van der Waals surface area contributed by atoms with Crippen molar-refractivity contribution >= 4 is 49.2 Å². The summed E-state index contributed by atoms with van der Waals surface area (Å²) in [5.74, 6) is 0.378. The third-order valence-corrected chi connectivity index (χ3v) is 5.01. The number of sulfonamides is 1. The molecule has 0 unspecified atom stereocenters. The first-order chi connectivity index (χ1) is 9.92. The molecular weight excluding hydrogens is 380 g/mol. The van der Waals surface area contributed by atoms with E-state index in [9.17, 15) is 8.42 Å². The zero-order valence-electron chi connectivity index (χ0n) is 11.0. The molecule has 0 fully saturated rings. The van der Waals surface area contributed by atoms with E-state index in [1.807, 2.05) is 6.92 Å². The van der Waals surface area contributed by atoms with Crippen molar-refractivity contribution in [1.82, 2.24) is 9.97 Å². The normalized spacial score (nSPS) is 11.2. The SMILES string of the molecule is CCNc1ncc(S(=O)(=O)Nc2ccc(Br)c(Cl)c2)cn1. The Morgan fingerprint density at radius 3 is 2.52 bits per heavy atom. The van der Waals surface area contributed by atoms with Crippen molar-refractivity contribution in [2.24, 2.45) is 0 Å². The quantitative estimate of drug-likeness (QED) is 0.818. The Morgan fingerprint density at radius 2 is 1.95 bits per heavy atom. The number of nitrogens with zero attached hydrogens (tertiary/aromatic N) is 2. The Hall–Kier alpha value is -1.38. The second-order valence-corrected chi connectivity index (χ2v) is 6.95. The topological polar surface area (TPSA) is 84.0 Å². The first kappa shape index (κ1) is 16.0. The van der Waals surface area contributed by atoms with E-state index in [2.05, 4.69) is 35.9 Å². The zero-order valence-corrected chi connectivity index (χ0v) is 14.1. The van der Waals surface area contributed by atoms with E-state index in [4.69, 9.17) is 11.6 Å². The molecule has 0 aliphatic heterocycles. The highest BCUT2D eigenvalue weighted by molar-refractivity contribution is 9.10. The zero-order chi connectivity index (χ0) is 15.5. The van der Waals surface area contributed by atoms with Crippen LogP contribution in [-0.2, 0) is 10.0 Å². The fourth-order valence-electron chi connectivity index (χ4n) is 1.48. The summed E-state index contributed by atoms with van der Waals surface area (Å²) >= 11 is 9.17. The Balaban J connectivity index is 2.23. The molecule has 0 atom stereocenters. The van der Waals surface area contributed by atoms with Gasteiger partial charge in [-0.3, -0.25) is 4.72 Å². The van der Waals surface area contributed by atoms with Crippen LogP contribution in [0.25, 0.3) is 0 Å². The Morgan fingerprint density at radius 1 is 1.29 bits per heavy atom. The van der Waals surface area contributed by atoms with Gasteiger partial charge in [-0.15, -0.1) is 0 Å². The molecule has 0 amide bonds. The van der Waals surface area contributed by atoms with Gasteiger partial charge in [0.2, 0.25) is 5.95 Å². The second kappa shape index (κ2) is 6.59. The summed E-state index contributed by atoms with van der Waals surface area (Å²) in [6.07, 6.45) is 2.49. The molecule has 9 heteroatoms. The molecule has 6 nitrogen and oxygen atoms in total. The van der Waals surface area contributed by atoms with Crippen molar-refractivity contribution in [2.75, 3.05) is 16.6 Å².